The molecule has 1 aromatic carbocycles. The summed E-state index contributed by atoms with van der Waals surface area (Å²) in [5, 5.41) is 13.3. The Kier molecular flexibility index (Phi) is 2.34. The fourth-order valence-corrected chi connectivity index (χ4v) is 2.14. The third-order valence-electron chi connectivity index (χ3n) is 2.32. The van der Waals surface area contributed by atoms with E-state index in [9.17, 15) is 0 Å². The Morgan fingerprint density at radius 1 is 1.12 bits per heavy atom. The summed E-state index contributed by atoms with van der Waals surface area (Å²) >= 11 is 1.38. The predicted octanol–water partition coefficient (Wildman–Crippen LogP) is 1.97. The van der Waals surface area contributed by atoms with Crippen molar-refractivity contribution in [3.05, 3.63) is 42.7 Å². The number of rotatable bonds is 2. The summed E-state index contributed by atoms with van der Waals surface area (Å²) < 4.78 is 1.80. The monoisotopic (exact) mass is 243 g/mol. The highest BCUT2D eigenvalue weighted by atomic mass is 32.1. The summed E-state index contributed by atoms with van der Waals surface area (Å²) in [6, 6.07) is 9.83. The van der Waals surface area contributed by atoms with E-state index in [0.717, 1.165) is 16.3 Å². The van der Waals surface area contributed by atoms with Crippen LogP contribution in [-0.4, -0.2) is 20.0 Å². The Hall–Kier alpha value is -2.21. The molecular formula is C11H9N5S. The Morgan fingerprint density at radius 2 is 1.94 bits per heavy atom. The number of nitrogen functional groups attached to an aromatic ring is 1. The highest BCUT2D eigenvalue weighted by molar-refractivity contribution is 7.18. The van der Waals surface area contributed by atoms with Gasteiger partial charge in [-0.2, -0.15) is 5.10 Å². The quantitative estimate of drug-likeness (QED) is 0.747. The largest absolute Gasteiger partial charge is 0.374 e. The molecule has 0 spiro atoms. The molecule has 6 heteroatoms. The van der Waals surface area contributed by atoms with Crippen LogP contribution in [0.1, 0.15) is 0 Å². The molecular weight excluding hydrogens is 234 g/mol. The molecule has 0 saturated heterocycles. The Balaban J connectivity index is 1.95. The van der Waals surface area contributed by atoms with Gasteiger partial charge >= 0.3 is 0 Å². The van der Waals surface area contributed by atoms with Gasteiger partial charge in [-0.15, -0.1) is 10.2 Å². The smallest absolute Gasteiger partial charge is 0.203 e. The van der Waals surface area contributed by atoms with Gasteiger partial charge in [0, 0.05) is 18.0 Å². The second-order valence-corrected chi connectivity index (χ2v) is 4.45. The Bertz CT molecular complexity index is 612. The highest BCUT2D eigenvalue weighted by Gasteiger charge is 2.04. The number of nitrogens with two attached hydrogens (primary N) is 1. The molecule has 0 amide bonds. The average Bonchev–Trinajstić information content (AvgIpc) is 3.00. The standard InChI is InChI=1S/C11H9N5S/c12-11-15-14-10(17-11)8-2-4-9(5-3-8)16-7-1-6-13-16/h1-7H,(H2,12,15). The van der Waals surface area contributed by atoms with Crippen LogP contribution in [-0.2, 0) is 0 Å². The first-order chi connectivity index (χ1) is 8.33. The normalized spacial score (nSPS) is 10.6. The lowest BCUT2D eigenvalue weighted by molar-refractivity contribution is 0.881. The molecule has 5 nitrogen and oxygen atoms in total. The molecule has 0 saturated carbocycles. The maximum Gasteiger partial charge on any atom is 0.203 e. The average molecular weight is 243 g/mol. The van der Waals surface area contributed by atoms with E-state index < -0.39 is 0 Å². The van der Waals surface area contributed by atoms with E-state index in [-0.39, 0.29) is 0 Å². The highest BCUT2D eigenvalue weighted by Crippen LogP contribution is 2.25. The maximum atomic E-state index is 5.55. The molecule has 0 aliphatic heterocycles. The molecule has 3 rings (SSSR count). The van der Waals surface area contributed by atoms with Crippen LogP contribution in [0.2, 0.25) is 0 Å². The van der Waals surface area contributed by atoms with Gasteiger partial charge in [0.1, 0.15) is 5.01 Å². The van der Waals surface area contributed by atoms with Crippen molar-refractivity contribution in [1.82, 2.24) is 20.0 Å². The van der Waals surface area contributed by atoms with Crippen molar-refractivity contribution in [2.45, 2.75) is 0 Å². The molecule has 0 radical (unpaired) electrons. The van der Waals surface area contributed by atoms with Crippen LogP contribution in [0, 0.1) is 0 Å². The first kappa shape index (κ1) is 9.98. The van der Waals surface area contributed by atoms with Crippen molar-refractivity contribution in [3.63, 3.8) is 0 Å². The summed E-state index contributed by atoms with van der Waals surface area (Å²) in [5.74, 6) is 0. The number of aromatic nitrogens is 4. The fourth-order valence-electron chi connectivity index (χ4n) is 1.53. The number of hydrogen-bond donors (Lipinski definition) is 1. The van der Waals surface area contributed by atoms with Crippen molar-refractivity contribution >= 4 is 16.5 Å². The topological polar surface area (TPSA) is 69.6 Å². The number of benzene rings is 1. The van der Waals surface area contributed by atoms with Gasteiger partial charge < -0.3 is 5.73 Å². The minimum absolute atomic E-state index is 0.483. The lowest BCUT2D eigenvalue weighted by Gasteiger charge is -2.01. The van der Waals surface area contributed by atoms with Gasteiger partial charge in [0.15, 0.2) is 0 Å². The molecule has 0 fully saturated rings. The molecule has 0 atom stereocenters. The third kappa shape index (κ3) is 1.90. The molecule has 2 N–H and O–H groups in total. The van der Waals surface area contributed by atoms with Gasteiger partial charge in [0.05, 0.1) is 5.69 Å². The summed E-state index contributed by atoms with van der Waals surface area (Å²) in [4.78, 5) is 0. The molecule has 84 valence electrons. The molecule has 0 aliphatic rings. The first-order valence-corrected chi connectivity index (χ1v) is 5.84. The van der Waals surface area contributed by atoms with Crippen molar-refractivity contribution in [2.24, 2.45) is 0 Å². The van der Waals surface area contributed by atoms with Gasteiger partial charge in [0.25, 0.3) is 0 Å². The van der Waals surface area contributed by atoms with E-state index in [0.29, 0.717) is 5.13 Å². The van der Waals surface area contributed by atoms with Gasteiger partial charge in [-0.05, 0) is 30.3 Å². The maximum absolute atomic E-state index is 5.55. The molecule has 3 aromatic rings. The third-order valence-corrected chi connectivity index (χ3v) is 3.13. The number of hydrogen-bond acceptors (Lipinski definition) is 5. The predicted molar refractivity (Wildman–Crippen MR) is 66.9 cm³/mol. The van der Waals surface area contributed by atoms with Crippen LogP contribution in [0.5, 0.6) is 0 Å². The van der Waals surface area contributed by atoms with E-state index in [1.165, 1.54) is 11.3 Å². The minimum Gasteiger partial charge on any atom is -0.374 e. The second kappa shape index (κ2) is 3.99. The molecule has 17 heavy (non-hydrogen) atoms. The van der Waals surface area contributed by atoms with E-state index >= 15 is 0 Å². The van der Waals surface area contributed by atoms with Crippen molar-refractivity contribution in [3.8, 4) is 16.3 Å². The zero-order chi connectivity index (χ0) is 11.7. The molecule has 0 aliphatic carbocycles. The number of anilines is 1. The van der Waals surface area contributed by atoms with Crippen LogP contribution >= 0.6 is 11.3 Å². The molecule has 2 heterocycles. The van der Waals surface area contributed by atoms with Crippen LogP contribution in [0.15, 0.2) is 42.7 Å². The van der Waals surface area contributed by atoms with Crippen LogP contribution in [0.4, 0.5) is 5.13 Å². The van der Waals surface area contributed by atoms with Crippen molar-refractivity contribution in [2.75, 3.05) is 5.73 Å². The molecule has 2 aromatic heterocycles. The lowest BCUT2D eigenvalue weighted by Crippen LogP contribution is -1.93. The fraction of sp³-hybridized carbons (Fsp3) is 0. The summed E-state index contributed by atoms with van der Waals surface area (Å²) in [5.41, 5.74) is 7.57. The zero-order valence-corrected chi connectivity index (χ0v) is 9.63. The van der Waals surface area contributed by atoms with Crippen LogP contribution in [0.25, 0.3) is 16.3 Å². The summed E-state index contributed by atoms with van der Waals surface area (Å²) in [6.45, 7) is 0. The summed E-state index contributed by atoms with van der Waals surface area (Å²) in [6.07, 6.45) is 3.65. The van der Waals surface area contributed by atoms with Gasteiger partial charge in [-0.3, -0.25) is 0 Å². The first-order valence-electron chi connectivity index (χ1n) is 5.02. The van der Waals surface area contributed by atoms with Crippen molar-refractivity contribution in [1.29, 1.82) is 0 Å². The number of nitrogens with zero attached hydrogens (tertiary/aromatic N) is 4. The van der Waals surface area contributed by atoms with Gasteiger partial charge in [0.2, 0.25) is 5.13 Å². The van der Waals surface area contributed by atoms with E-state index in [4.69, 9.17) is 5.73 Å². The second-order valence-electron chi connectivity index (χ2n) is 3.44. The SMILES string of the molecule is Nc1nnc(-c2ccc(-n3cccn3)cc2)s1. The molecule has 0 unspecified atom stereocenters. The van der Waals surface area contributed by atoms with Gasteiger partial charge in [-0.1, -0.05) is 11.3 Å². The van der Waals surface area contributed by atoms with E-state index in [1.54, 1.807) is 10.9 Å². The Morgan fingerprint density at radius 3 is 2.53 bits per heavy atom. The van der Waals surface area contributed by atoms with E-state index in [2.05, 4.69) is 15.3 Å². The van der Waals surface area contributed by atoms with Crippen molar-refractivity contribution < 1.29 is 0 Å². The van der Waals surface area contributed by atoms with Gasteiger partial charge in [-0.25, -0.2) is 4.68 Å². The summed E-state index contributed by atoms with van der Waals surface area (Å²) in [7, 11) is 0. The van der Waals surface area contributed by atoms with E-state index in [1.807, 2.05) is 36.5 Å². The lowest BCUT2D eigenvalue weighted by atomic mass is 10.2. The Labute approximate surface area is 102 Å². The minimum atomic E-state index is 0.483. The van der Waals surface area contributed by atoms with Crippen LogP contribution in [0.3, 0.4) is 0 Å². The zero-order valence-electron chi connectivity index (χ0n) is 8.82. The molecule has 0 bridgehead atoms. The van der Waals surface area contributed by atoms with Crippen LogP contribution < -0.4 is 5.73 Å².